The van der Waals surface area contributed by atoms with E-state index in [-0.39, 0.29) is 29.1 Å². The molecule has 1 aromatic rings. The first-order valence-corrected chi connectivity index (χ1v) is 8.38. The second-order valence-electron chi connectivity index (χ2n) is 4.78. The second kappa shape index (κ2) is 6.81. The highest BCUT2D eigenvalue weighted by Crippen LogP contribution is 2.15. The number of nitrogens with zero attached hydrogens (tertiary/aromatic N) is 2. The van der Waals surface area contributed by atoms with Gasteiger partial charge < -0.3 is 15.4 Å². The lowest BCUT2D eigenvalue weighted by atomic mass is 10.3. The number of rotatable bonds is 6. The van der Waals surface area contributed by atoms with Crippen LogP contribution in [-0.4, -0.2) is 62.1 Å². The predicted octanol–water partition coefficient (Wildman–Crippen LogP) is -0.548. The van der Waals surface area contributed by atoms with E-state index in [2.05, 4.69) is 20.6 Å². The van der Waals surface area contributed by atoms with Crippen molar-refractivity contribution in [3.8, 4) is 0 Å². The number of hydrogen-bond donors (Lipinski definition) is 2. The third-order valence-electron chi connectivity index (χ3n) is 3.06. The van der Waals surface area contributed by atoms with Gasteiger partial charge in [0.15, 0.2) is 9.84 Å². The molecule has 1 aromatic heterocycles. The van der Waals surface area contributed by atoms with Crippen LogP contribution in [0.4, 0.5) is 5.82 Å². The molecule has 1 saturated heterocycles. The van der Waals surface area contributed by atoms with Gasteiger partial charge in [-0.2, -0.15) is 0 Å². The topological polar surface area (TPSA) is 110 Å². The Morgan fingerprint density at radius 3 is 2.81 bits per heavy atom. The van der Waals surface area contributed by atoms with Gasteiger partial charge in [0, 0.05) is 19.7 Å². The summed E-state index contributed by atoms with van der Waals surface area (Å²) in [7, 11) is -1.39. The van der Waals surface area contributed by atoms with Crippen molar-refractivity contribution < 1.29 is 17.9 Å². The lowest BCUT2D eigenvalue weighted by Crippen LogP contribution is -2.28. The highest BCUT2D eigenvalue weighted by molar-refractivity contribution is 7.91. The summed E-state index contributed by atoms with van der Waals surface area (Å²) in [6, 6.07) is -0.148. The third kappa shape index (κ3) is 4.64. The standard InChI is InChI=1S/C12H18N4O4S/c1-20-4-3-13-12(17)10-6-15-11(7-14-10)16-9-2-5-21(18,19)8-9/h6-7,9H,2-5,8H2,1H3,(H,13,17)(H,15,16). The zero-order chi connectivity index (χ0) is 15.3. The minimum absolute atomic E-state index is 0.105. The molecule has 0 spiro atoms. The zero-order valence-corrected chi connectivity index (χ0v) is 12.5. The number of sulfone groups is 1. The van der Waals surface area contributed by atoms with Crippen LogP contribution in [0.2, 0.25) is 0 Å². The summed E-state index contributed by atoms with van der Waals surface area (Å²) >= 11 is 0. The molecule has 0 bridgehead atoms. The molecule has 21 heavy (non-hydrogen) atoms. The lowest BCUT2D eigenvalue weighted by Gasteiger charge is -2.11. The summed E-state index contributed by atoms with van der Waals surface area (Å²) in [6.45, 7) is 0.825. The molecule has 0 saturated carbocycles. The first-order valence-electron chi connectivity index (χ1n) is 6.56. The molecule has 116 valence electrons. The van der Waals surface area contributed by atoms with Crippen molar-refractivity contribution >= 4 is 21.6 Å². The number of hydrogen-bond acceptors (Lipinski definition) is 7. The molecule has 1 unspecified atom stereocenters. The maximum atomic E-state index is 11.7. The molecular formula is C12H18N4O4S. The van der Waals surface area contributed by atoms with Gasteiger partial charge >= 0.3 is 0 Å². The number of carbonyl (C=O) groups excluding carboxylic acids is 1. The molecule has 1 fully saturated rings. The summed E-state index contributed by atoms with van der Waals surface area (Å²) in [6.07, 6.45) is 3.34. The van der Waals surface area contributed by atoms with E-state index in [1.54, 1.807) is 7.11 Å². The Labute approximate surface area is 123 Å². The van der Waals surface area contributed by atoms with Crippen LogP contribution in [0.5, 0.6) is 0 Å². The Hall–Kier alpha value is -1.74. The van der Waals surface area contributed by atoms with Gasteiger partial charge in [-0.1, -0.05) is 0 Å². The Kier molecular flexibility index (Phi) is 5.07. The fraction of sp³-hybridized carbons (Fsp3) is 0.583. The van der Waals surface area contributed by atoms with E-state index < -0.39 is 9.84 Å². The number of amides is 1. The van der Waals surface area contributed by atoms with Crippen molar-refractivity contribution in [2.24, 2.45) is 0 Å². The maximum absolute atomic E-state index is 11.7. The van der Waals surface area contributed by atoms with Gasteiger partial charge in [-0.05, 0) is 6.42 Å². The number of carbonyl (C=O) groups is 1. The Balaban J connectivity index is 1.88. The first-order chi connectivity index (χ1) is 10.00. The molecule has 0 aromatic carbocycles. The van der Waals surface area contributed by atoms with Gasteiger partial charge in [0.1, 0.15) is 11.5 Å². The third-order valence-corrected chi connectivity index (χ3v) is 4.83. The molecule has 1 amide bonds. The number of anilines is 1. The van der Waals surface area contributed by atoms with Crippen LogP contribution < -0.4 is 10.6 Å². The van der Waals surface area contributed by atoms with E-state index in [4.69, 9.17) is 4.74 Å². The van der Waals surface area contributed by atoms with Crippen molar-refractivity contribution in [1.29, 1.82) is 0 Å². The van der Waals surface area contributed by atoms with E-state index in [0.29, 0.717) is 25.4 Å². The molecule has 2 heterocycles. The van der Waals surface area contributed by atoms with Crippen molar-refractivity contribution in [2.45, 2.75) is 12.5 Å². The van der Waals surface area contributed by atoms with Gasteiger partial charge in [0.2, 0.25) is 0 Å². The summed E-state index contributed by atoms with van der Waals surface area (Å²) in [5.74, 6) is 0.437. The largest absolute Gasteiger partial charge is 0.383 e. The molecule has 2 rings (SSSR count). The van der Waals surface area contributed by atoms with Crippen LogP contribution in [0.25, 0.3) is 0 Å². The highest BCUT2D eigenvalue weighted by atomic mass is 32.2. The minimum Gasteiger partial charge on any atom is -0.383 e. The quantitative estimate of drug-likeness (QED) is 0.678. The molecule has 0 radical (unpaired) electrons. The van der Waals surface area contributed by atoms with E-state index in [9.17, 15) is 13.2 Å². The molecule has 2 N–H and O–H groups in total. The number of nitrogens with one attached hydrogen (secondary N) is 2. The van der Waals surface area contributed by atoms with E-state index in [1.807, 2.05) is 0 Å². The SMILES string of the molecule is COCCNC(=O)c1cnc(NC2CCS(=O)(=O)C2)cn1. The monoisotopic (exact) mass is 314 g/mol. The fourth-order valence-corrected chi connectivity index (χ4v) is 3.67. The second-order valence-corrected chi connectivity index (χ2v) is 7.01. The van der Waals surface area contributed by atoms with Crippen molar-refractivity contribution in [3.05, 3.63) is 18.1 Å². The molecule has 1 aliphatic heterocycles. The van der Waals surface area contributed by atoms with Gasteiger partial charge in [0.05, 0.1) is 30.5 Å². The van der Waals surface area contributed by atoms with E-state index in [0.717, 1.165) is 0 Å². The normalized spacial score (nSPS) is 20.1. The van der Waals surface area contributed by atoms with Crippen LogP contribution in [0.15, 0.2) is 12.4 Å². The number of methoxy groups -OCH3 is 1. The van der Waals surface area contributed by atoms with E-state index >= 15 is 0 Å². The first kappa shape index (κ1) is 15.6. The van der Waals surface area contributed by atoms with Gasteiger partial charge in [-0.3, -0.25) is 4.79 Å². The Morgan fingerprint density at radius 2 is 2.24 bits per heavy atom. The average molecular weight is 314 g/mol. The van der Waals surface area contributed by atoms with Gasteiger partial charge in [-0.15, -0.1) is 0 Å². The summed E-state index contributed by atoms with van der Waals surface area (Å²) in [5, 5.41) is 5.65. The van der Waals surface area contributed by atoms with Crippen LogP contribution >= 0.6 is 0 Å². The summed E-state index contributed by atoms with van der Waals surface area (Å²) in [4.78, 5) is 19.8. The van der Waals surface area contributed by atoms with Gasteiger partial charge in [-0.25, -0.2) is 18.4 Å². The summed E-state index contributed by atoms with van der Waals surface area (Å²) < 4.78 is 27.5. The van der Waals surface area contributed by atoms with Crippen LogP contribution in [0.1, 0.15) is 16.9 Å². The molecule has 1 aliphatic rings. The number of aromatic nitrogens is 2. The van der Waals surface area contributed by atoms with Crippen LogP contribution in [0, 0.1) is 0 Å². The van der Waals surface area contributed by atoms with E-state index in [1.165, 1.54) is 12.4 Å². The molecule has 9 heteroatoms. The lowest BCUT2D eigenvalue weighted by molar-refractivity contribution is 0.0932. The predicted molar refractivity (Wildman–Crippen MR) is 76.9 cm³/mol. The van der Waals surface area contributed by atoms with Crippen LogP contribution in [-0.2, 0) is 14.6 Å². The highest BCUT2D eigenvalue weighted by Gasteiger charge is 2.27. The molecule has 1 atom stereocenters. The molecule has 8 nitrogen and oxygen atoms in total. The van der Waals surface area contributed by atoms with Crippen LogP contribution in [0.3, 0.4) is 0 Å². The average Bonchev–Trinajstić information content (AvgIpc) is 2.79. The molecular weight excluding hydrogens is 296 g/mol. The Morgan fingerprint density at radius 1 is 1.43 bits per heavy atom. The zero-order valence-electron chi connectivity index (χ0n) is 11.7. The Bertz CT molecular complexity index is 588. The molecule has 0 aliphatic carbocycles. The minimum atomic E-state index is -2.94. The maximum Gasteiger partial charge on any atom is 0.271 e. The van der Waals surface area contributed by atoms with Crippen molar-refractivity contribution in [1.82, 2.24) is 15.3 Å². The van der Waals surface area contributed by atoms with Gasteiger partial charge in [0.25, 0.3) is 5.91 Å². The summed E-state index contributed by atoms with van der Waals surface area (Å²) in [5.41, 5.74) is 0.204. The van der Waals surface area contributed by atoms with Crippen molar-refractivity contribution in [2.75, 3.05) is 37.1 Å². The number of ether oxygens (including phenoxy) is 1. The fourth-order valence-electron chi connectivity index (χ4n) is 1.99. The van der Waals surface area contributed by atoms with Crippen molar-refractivity contribution in [3.63, 3.8) is 0 Å². The smallest absolute Gasteiger partial charge is 0.271 e.